The minimum absolute atomic E-state index is 0.0824. The molecule has 0 aliphatic heterocycles. The molecule has 0 fully saturated rings. The molecule has 0 aromatic heterocycles. The zero-order chi connectivity index (χ0) is 17.4. The molecule has 4 nitrogen and oxygen atoms in total. The lowest BCUT2D eigenvalue weighted by molar-refractivity contribution is -0.129. The fraction of sp³-hybridized carbons (Fsp3) is 0.350. The maximum absolute atomic E-state index is 12.6. The number of para-hydroxylation sites is 1. The standard InChI is InChI=1S/C20H27N3O/c1-16-7-6-8-17(2)20(16)22-15-19(24)23(14-12-21)13-11-18-9-4-3-5-10-18/h3-10,22H,11-15,21H2,1-2H3. The van der Waals surface area contributed by atoms with Crippen molar-refractivity contribution in [3.63, 3.8) is 0 Å². The highest BCUT2D eigenvalue weighted by Crippen LogP contribution is 2.19. The van der Waals surface area contributed by atoms with Crippen molar-refractivity contribution < 1.29 is 4.79 Å². The summed E-state index contributed by atoms with van der Waals surface area (Å²) in [6.07, 6.45) is 0.843. The summed E-state index contributed by atoms with van der Waals surface area (Å²) in [7, 11) is 0. The average Bonchev–Trinajstić information content (AvgIpc) is 2.59. The van der Waals surface area contributed by atoms with Crippen molar-refractivity contribution >= 4 is 11.6 Å². The first kappa shape index (κ1) is 18.0. The first-order valence-electron chi connectivity index (χ1n) is 8.43. The Kier molecular flexibility index (Phi) is 6.82. The van der Waals surface area contributed by atoms with E-state index in [9.17, 15) is 4.79 Å². The molecule has 2 rings (SSSR count). The summed E-state index contributed by atoms with van der Waals surface area (Å²) in [5, 5.41) is 3.29. The van der Waals surface area contributed by atoms with Crippen LogP contribution < -0.4 is 11.1 Å². The largest absolute Gasteiger partial charge is 0.376 e. The van der Waals surface area contributed by atoms with Gasteiger partial charge in [0.2, 0.25) is 5.91 Å². The minimum Gasteiger partial charge on any atom is -0.376 e. The molecule has 128 valence electrons. The van der Waals surface area contributed by atoms with Gasteiger partial charge >= 0.3 is 0 Å². The van der Waals surface area contributed by atoms with Crippen LogP contribution in [0.15, 0.2) is 48.5 Å². The van der Waals surface area contributed by atoms with E-state index in [2.05, 4.69) is 17.4 Å². The first-order chi connectivity index (χ1) is 11.6. The van der Waals surface area contributed by atoms with Crippen LogP contribution in [-0.4, -0.2) is 37.0 Å². The summed E-state index contributed by atoms with van der Waals surface area (Å²) in [4.78, 5) is 14.4. The van der Waals surface area contributed by atoms with Crippen molar-refractivity contribution in [3.8, 4) is 0 Å². The van der Waals surface area contributed by atoms with Crippen molar-refractivity contribution in [2.24, 2.45) is 5.73 Å². The van der Waals surface area contributed by atoms with Crippen molar-refractivity contribution in [3.05, 3.63) is 65.2 Å². The molecule has 1 amide bonds. The monoisotopic (exact) mass is 325 g/mol. The van der Waals surface area contributed by atoms with Crippen LogP contribution in [0.4, 0.5) is 5.69 Å². The highest BCUT2D eigenvalue weighted by Gasteiger charge is 2.13. The number of carbonyl (C=O) groups is 1. The topological polar surface area (TPSA) is 58.4 Å². The maximum atomic E-state index is 12.6. The Bertz CT molecular complexity index is 635. The lowest BCUT2D eigenvalue weighted by Crippen LogP contribution is -2.40. The zero-order valence-electron chi connectivity index (χ0n) is 14.6. The van der Waals surface area contributed by atoms with Crippen molar-refractivity contribution in [1.29, 1.82) is 0 Å². The van der Waals surface area contributed by atoms with Gasteiger partial charge in [0.15, 0.2) is 0 Å². The van der Waals surface area contributed by atoms with E-state index in [1.165, 1.54) is 5.56 Å². The van der Waals surface area contributed by atoms with Gasteiger partial charge in [-0.1, -0.05) is 48.5 Å². The van der Waals surface area contributed by atoms with E-state index in [1.54, 1.807) is 0 Å². The van der Waals surface area contributed by atoms with Gasteiger partial charge in [-0.2, -0.15) is 0 Å². The molecule has 3 N–H and O–H groups in total. The number of carbonyl (C=O) groups excluding carboxylic acids is 1. The lowest BCUT2D eigenvalue weighted by atomic mass is 10.1. The Morgan fingerprint density at radius 2 is 1.67 bits per heavy atom. The highest BCUT2D eigenvalue weighted by atomic mass is 16.2. The minimum atomic E-state index is 0.0824. The smallest absolute Gasteiger partial charge is 0.241 e. The van der Waals surface area contributed by atoms with Crippen molar-refractivity contribution in [1.82, 2.24) is 4.90 Å². The number of nitrogens with zero attached hydrogens (tertiary/aromatic N) is 1. The fourth-order valence-corrected chi connectivity index (χ4v) is 2.79. The number of hydrogen-bond acceptors (Lipinski definition) is 3. The van der Waals surface area contributed by atoms with E-state index in [0.717, 1.165) is 23.2 Å². The Morgan fingerprint density at radius 3 is 2.29 bits per heavy atom. The third-order valence-electron chi connectivity index (χ3n) is 4.16. The van der Waals surface area contributed by atoms with Crippen LogP contribution in [0, 0.1) is 13.8 Å². The van der Waals surface area contributed by atoms with Gasteiger partial charge in [0, 0.05) is 25.3 Å². The summed E-state index contributed by atoms with van der Waals surface area (Å²) >= 11 is 0. The number of amides is 1. The van der Waals surface area contributed by atoms with E-state index in [1.807, 2.05) is 55.1 Å². The molecule has 24 heavy (non-hydrogen) atoms. The van der Waals surface area contributed by atoms with Gasteiger partial charge in [0.05, 0.1) is 6.54 Å². The zero-order valence-corrected chi connectivity index (χ0v) is 14.6. The van der Waals surface area contributed by atoms with Crippen molar-refractivity contribution in [2.45, 2.75) is 20.3 Å². The van der Waals surface area contributed by atoms with E-state index < -0.39 is 0 Å². The molecule has 4 heteroatoms. The summed E-state index contributed by atoms with van der Waals surface area (Å²) in [5.41, 5.74) is 10.3. The van der Waals surface area contributed by atoms with Gasteiger partial charge in [0.1, 0.15) is 0 Å². The lowest BCUT2D eigenvalue weighted by Gasteiger charge is -2.23. The molecular formula is C20H27N3O. The van der Waals surface area contributed by atoms with Gasteiger partial charge in [-0.3, -0.25) is 4.79 Å². The van der Waals surface area contributed by atoms with E-state index >= 15 is 0 Å². The second-order valence-corrected chi connectivity index (χ2v) is 6.03. The number of aryl methyl sites for hydroxylation is 2. The predicted octanol–water partition coefficient (Wildman–Crippen LogP) is 2.75. The number of nitrogens with one attached hydrogen (secondary N) is 1. The first-order valence-corrected chi connectivity index (χ1v) is 8.43. The second kappa shape index (κ2) is 9.08. The molecule has 0 bridgehead atoms. The van der Waals surface area contributed by atoms with E-state index in [-0.39, 0.29) is 5.91 Å². The van der Waals surface area contributed by atoms with E-state index in [4.69, 9.17) is 5.73 Å². The molecular weight excluding hydrogens is 298 g/mol. The van der Waals surface area contributed by atoms with Crippen LogP contribution in [0.3, 0.4) is 0 Å². The summed E-state index contributed by atoms with van der Waals surface area (Å²) in [6, 6.07) is 16.3. The van der Waals surface area contributed by atoms with Crippen molar-refractivity contribution in [2.75, 3.05) is 31.5 Å². The van der Waals surface area contributed by atoms with Crippen LogP contribution in [0.1, 0.15) is 16.7 Å². The normalized spacial score (nSPS) is 10.5. The quantitative estimate of drug-likeness (QED) is 0.784. The number of rotatable bonds is 8. The number of nitrogens with two attached hydrogens (primary N) is 1. The Morgan fingerprint density at radius 1 is 1.00 bits per heavy atom. The molecule has 0 unspecified atom stereocenters. The molecule has 0 aliphatic rings. The highest BCUT2D eigenvalue weighted by molar-refractivity contribution is 5.81. The fourth-order valence-electron chi connectivity index (χ4n) is 2.79. The van der Waals surface area contributed by atoms with Gasteiger partial charge in [-0.25, -0.2) is 0 Å². The Hall–Kier alpha value is -2.33. The average molecular weight is 325 g/mol. The second-order valence-electron chi connectivity index (χ2n) is 6.03. The number of hydrogen-bond donors (Lipinski definition) is 2. The maximum Gasteiger partial charge on any atom is 0.241 e. The van der Waals surface area contributed by atoms with Gasteiger partial charge in [-0.05, 0) is 37.0 Å². The summed E-state index contributed by atoms with van der Waals surface area (Å²) < 4.78 is 0. The SMILES string of the molecule is Cc1cccc(C)c1NCC(=O)N(CCN)CCc1ccccc1. The molecule has 0 saturated heterocycles. The van der Waals surface area contributed by atoms with Crippen LogP contribution >= 0.6 is 0 Å². The van der Waals surface area contributed by atoms with E-state index in [0.29, 0.717) is 26.2 Å². The van der Waals surface area contributed by atoms with Gasteiger partial charge in [-0.15, -0.1) is 0 Å². The molecule has 2 aromatic rings. The Balaban J connectivity index is 1.93. The van der Waals surface area contributed by atoms with Crippen LogP contribution in [0.2, 0.25) is 0 Å². The number of anilines is 1. The predicted molar refractivity (Wildman–Crippen MR) is 100 cm³/mol. The summed E-state index contributed by atoms with van der Waals surface area (Å²) in [6.45, 7) is 6.14. The molecule has 0 aliphatic carbocycles. The third kappa shape index (κ3) is 5.10. The molecule has 0 spiro atoms. The van der Waals surface area contributed by atoms with Crippen LogP contribution in [-0.2, 0) is 11.2 Å². The van der Waals surface area contributed by atoms with Gasteiger partial charge in [0.25, 0.3) is 0 Å². The molecule has 0 atom stereocenters. The van der Waals surface area contributed by atoms with Crippen LogP contribution in [0.5, 0.6) is 0 Å². The molecule has 0 radical (unpaired) electrons. The summed E-state index contributed by atoms with van der Waals surface area (Å²) in [5.74, 6) is 0.0824. The molecule has 0 heterocycles. The molecule has 0 saturated carbocycles. The third-order valence-corrected chi connectivity index (χ3v) is 4.16. The van der Waals surface area contributed by atoms with Gasteiger partial charge < -0.3 is 16.0 Å². The number of benzene rings is 2. The van der Waals surface area contributed by atoms with Crippen LogP contribution in [0.25, 0.3) is 0 Å². The molecule has 2 aromatic carbocycles. The Labute approximate surface area is 144 Å².